The second kappa shape index (κ2) is 5.88. The van der Waals surface area contributed by atoms with E-state index >= 15 is 0 Å². The Kier molecular flexibility index (Phi) is 4.72. The van der Waals surface area contributed by atoms with Gasteiger partial charge in [-0.15, -0.1) is 0 Å². The third-order valence-corrected chi connectivity index (χ3v) is 2.50. The van der Waals surface area contributed by atoms with Gasteiger partial charge in [-0.1, -0.05) is 20.8 Å². The van der Waals surface area contributed by atoms with Crippen LogP contribution in [0.2, 0.25) is 0 Å². The molecule has 1 N–H and O–H groups in total. The molecule has 1 aromatic heterocycles. The van der Waals surface area contributed by atoms with E-state index < -0.39 is 11.4 Å². The first kappa shape index (κ1) is 15.2. The van der Waals surface area contributed by atoms with Crippen molar-refractivity contribution < 1.29 is 19.4 Å². The number of nitrogens with zero attached hydrogens (tertiary/aromatic N) is 2. The van der Waals surface area contributed by atoms with Crippen LogP contribution in [0.3, 0.4) is 0 Å². The summed E-state index contributed by atoms with van der Waals surface area (Å²) >= 11 is 0. The fraction of sp³-hybridized carbons (Fsp3) is 0.538. The molecule has 1 rings (SSSR count). The number of carbonyl (C=O) groups excluding carboxylic acids is 1. The smallest absolute Gasteiger partial charge is 0.355 e. The molecule has 0 amide bonds. The third-order valence-electron chi connectivity index (χ3n) is 2.50. The Morgan fingerprint density at radius 2 is 2.00 bits per heavy atom. The maximum absolute atomic E-state index is 12.1. The van der Waals surface area contributed by atoms with Crippen LogP contribution in [0.25, 0.3) is 0 Å². The van der Waals surface area contributed by atoms with E-state index in [0.717, 1.165) is 0 Å². The van der Waals surface area contributed by atoms with Crippen LogP contribution in [0.4, 0.5) is 0 Å². The third kappa shape index (κ3) is 3.82. The number of hydrogen-bond acceptors (Lipinski definition) is 5. The summed E-state index contributed by atoms with van der Waals surface area (Å²) in [5, 5.41) is 9.16. The molecule has 0 aliphatic rings. The number of ether oxygens (including phenoxy) is 1. The first-order valence-electron chi connectivity index (χ1n) is 5.90. The normalized spacial score (nSPS) is 11.4. The van der Waals surface area contributed by atoms with Gasteiger partial charge in [0.15, 0.2) is 11.5 Å². The van der Waals surface area contributed by atoms with Crippen molar-refractivity contribution in [2.24, 2.45) is 5.41 Å². The van der Waals surface area contributed by atoms with Crippen LogP contribution in [0, 0.1) is 5.41 Å². The first-order chi connectivity index (χ1) is 8.77. The SMILES string of the molecule is COCCc1ncc(C(=O)C(C)(C)C)c(C(=O)O)n1. The highest BCUT2D eigenvalue weighted by Gasteiger charge is 2.28. The molecule has 0 aliphatic carbocycles. The Morgan fingerprint density at radius 3 is 2.47 bits per heavy atom. The molecular formula is C13H18N2O4. The van der Waals surface area contributed by atoms with Crippen LogP contribution in [-0.4, -0.2) is 40.5 Å². The van der Waals surface area contributed by atoms with Gasteiger partial charge >= 0.3 is 5.97 Å². The predicted octanol–water partition coefficient (Wildman–Crippen LogP) is 1.59. The van der Waals surface area contributed by atoms with Crippen LogP contribution in [0.15, 0.2) is 6.20 Å². The van der Waals surface area contributed by atoms with Crippen LogP contribution in [0.5, 0.6) is 0 Å². The van der Waals surface area contributed by atoms with Gasteiger partial charge in [-0.3, -0.25) is 4.79 Å². The number of Topliss-reactive ketones (excluding diaryl/α,β-unsaturated/α-hetero) is 1. The number of carbonyl (C=O) groups is 2. The van der Waals surface area contributed by atoms with Gasteiger partial charge in [-0.05, 0) is 0 Å². The quantitative estimate of drug-likeness (QED) is 0.814. The molecule has 6 heteroatoms. The number of carboxylic acids is 1. The fourth-order valence-corrected chi connectivity index (χ4v) is 1.47. The van der Waals surface area contributed by atoms with Crippen LogP contribution in [0.1, 0.15) is 47.4 Å². The number of aromatic carboxylic acids is 1. The van der Waals surface area contributed by atoms with E-state index in [0.29, 0.717) is 18.9 Å². The van der Waals surface area contributed by atoms with E-state index in [1.165, 1.54) is 13.3 Å². The lowest BCUT2D eigenvalue weighted by molar-refractivity contribution is 0.0680. The molecule has 6 nitrogen and oxygen atoms in total. The molecule has 0 fully saturated rings. The van der Waals surface area contributed by atoms with E-state index in [9.17, 15) is 9.59 Å². The molecule has 0 saturated carbocycles. The molecule has 0 saturated heterocycles. The van der Waals surface area contributed by atoms with E-state index in [-0.39, 0.29) is 17.0 Å². The molecule has 0 radical (unpaired) electrons. The lowest BCUT2D eigenvalue weighted by Crippen LogP contribution is -2.24. The fourth-order valence-electron chi connectivity index (χ4n) is 1.47. The van der Waals surface area contributed by atoms with Gasteiger partial charge < -0.3 is 9.84 Å². The minimum atomic E-state index is -1.23. The van der Waals surface area contributed by atoms with Crippen LogP contribution in [-0.2, 0) is 11.2 Å². The van der Waals surface area contributed by atoms with E-state index in [1.54, 1.807) is 20.8 Å². The summed E-state index contributed by atoms with van der Waals surface area (Å²) < 4.78 is 4.88. The number of aromatic nitrogens is 2. The largest absolute Gasteiger partial charge is 0.476 e. The number of carboxylic acid groups (broad SMARTS) is 1. The van der Waals surface area contributed by atoms with Gasteiger partial charge in [0.2, 0.25) is 0 Å². The number of rotatable bonds is 5. The van der Waals surface area contributed by atoms with Crippen molar-refractivity contribution in [3.05, 3.63) is 23.3 Å². The Morgan fingerprint density at radius 1 is 1.37 bits per heavy atom. The molecule has 0 spiro atoms. The Labute approximate surface area is 111 Å². The Balaban J connectivity index is 3.19. The van der Waals surface area contributed by atoms with E-state index in [1.807, 2.05) is 0 Å². The highest BCUT2D eigenvalue weighted by molar-refractivity contribution is 6.06. The summed E-state index contributed by atoms with van der Waals surface area (Å²) in [6.07, 6.45) is 1.69. The second-order valence-electron chi connectivity index (χ2n) is 5.18. The summed E-state index contributed by atoms with van der Waals surface area (Å²) in [4.78, 5) is 31.3. The molecule has 0 aliphatic heterocycles. The zero-order chi connectivity index (χ0) is 14.6. The van der Waals surface area contributed by atoms with Crippen molar-refractivity contribution in [3.63, 3.8) is 0 Å². The molecule has 0 atom stereocenters. The summed E-state index contributed by atoms with van der Waals surface area (Å²) in [6.45, 7) is 5.56. The highest BCUT2D eigenvalue weighted by atomic mass is 16.5. The second-order valence-corrected chi connectivity index (χ2v) is 5.18. The average Bonchev–Trinajstić information content (AvgIpc) is 2.34. The maximum atomic E-state index is 12.1. The highest BCUT2D eigenvalue weighted by Crippen LogP contribution is 2.22. The van der Waals surface area contributed by atoms with E-state index in [4.69, 9.17) is 9.84 Å². The molecule has 1 aromatic rings. The molecule has 0 aromatic carbocycles. The number of methoxy groups -OCH3 is 1. The molecule has 0 bridgehead atoms. The van der Waals surface area contributed by atoms with Crippen molar-refractivity contribution in [1.29, 1.82) is 0 Å². The number of ketones is 1. The Hall–Kier alpha value is -1.82. The zero-order valence-electron chi connectivity index (χ0n) is 11.6. The molecule has 1 heterocycles. The van der Waals surface area contributed by atoms with Crippen LogP contribution >= 0.6 is 0 Å². The molecule has 19 heavy (non-hydrogen) atoms. The summed E-state index contributed by atoms with van der Waals surface area (Å²) in [6, 6.07) is 0. The van der Waals surface area contributed by atoms with Crippen molar-refractivity contribution in [1.82, 2.24) is 9.97 Å². The standard InChI is InChI=1S/C13H18N2O4/c1-13(2,3)11(16)8-7-14-9(5-6-19-4)15-10(8)12(17)18/h7H,5-6H2,1-4H3,(H,17,18). The van der Waals surface area contributed by atoms with Crippen molar-refractivity contribution >= 4 is 11.8 Å². The monoisotopic (exact) mass is 266 g/mol. The predicted molar refractivity (Wildman–Crippen MR) is 68.4 cm³/mol. The summed E-state index contributed by atoms with van der Waals surface area (Å²) in [5.41, 5.74) is -0.885. The van der Waals surface area contributed by atoms with Crippen molar-refractivity contribution in [2.45, 2.75) is 27.2 Å². The molecular weight excluding hydrogens is 248 g/mol. The van der Waals surface area contributed by atoms with Gasteiger partial charge in [0, 0.05) is 25.1 Å². The summed E-state index contributed by atoms with van der Waals surface area (Å²) in [5.74, 6) is -1.17. The van der Waals surface area contributed by atoms with E-state index in [2.05, 4.69) is 9.97 Å². The van der Waals surface area contributed by atoms with Crippen molar-refractivity contribution in [3.8, 4) is 0 Å². The van der Waals surface area contributed by atoms with Gasteiger partial charge in [-0.2, -0.15) is 0 Å². The van der Waals surface area contributed by atoms with Crippen molar-refractivity contribution in [2.75, 3.05) is 13.7 Å². The van der Waals surface area contributed by atoms with Gasteiger partial charge in [0.25, 0.3) is 0 Å². The minimum absolute atomic E-state index is 0.0427. The molecule has 104 valence electrons. The van der Waals surface area contributed by atoms with Gasteiger partial charge in [0.1, 0.15) is 5.82 Å². The van der Waals surface area contributed by atoms with Gasteiger partial charge in [0.05, 0.1) is 12.2 Å². The molecule has 0 unspecified atom stereocenters. The number of hydrogen-bond donors (Lipinski definition) is 1. The lowest BCUT2D eigenvalue weighted by atomic mass is 9.86. The van der Waals surface area contributed by atoms with Crippen LogP contribution < -0.4 is 0 Å². The maximum Gasteiger partial charge on any atom is 0.355 e. The zero-order valence-corrected chi connectivity index (χ0v) is 11.6. The Bertz CT molecular complexity index is 492. The van der Waals surface area contributed by atoms with Gasteiger partial charge in [-0.25, -0.2) is 14.8 Å². The average molecular weight is 266 g/mol. The topological polar surface area (TPSA) is 89.4 Å². The summed E-state index contributed by atoms with van der Waals surface area (Å²) in [7, 11) is 1.54. The minimum Gasteiger partial charge on any atom is -0.476 e. The first-order valence-corrected chi connectivity index (χ1v) is 5.90. The lowest BCUT2D eigenvalue weighted by Gasteiger charge is -2.17.